The van der Waals surface area contributed by atoms with E-state index >= 15 is 0 Å². The van der Waals surface area contributed by atoms with E-state index in [1.807, 2.05) is 6.92 Å². The molecule has 3 amide bonds. The van der Waals surface area contributed by atoms with Gasteiger partial charge in [0, 0.05) is 92.2 Å². The van der Waals surface area contributed by atoms with Crippen LogP contribution < -0.4 is 16.0 Å². The number of nitrogens with one attached hydrogen (secondary N) is 3. The van der Waals surface area contributed by atoms with Gasteiger partial charge in [-0.05, 0) is 64.2 Å². The maximum atomic E-state index is 11.6. The van der Waals surface area contributed by atoms with E-state index in [2.05, 4.69) is 16.0 Å². The quantitative estimate of drug-likeness (QED) is 0.0215. The Labute approximate surface area is 404 Å². The van der Waals surface area contributed by atoms with E-state index in [4.69, 9.17) is 43.7 Å². The Morgan fingerprint density at radius 1 is 0.420 bits per heavy atom. The van der Waals surface area contributed by atoms with Crippen molar-refractivity contribution < 1.29 is 104 Å². The first-order chi connectivity index (χ1) is 32.8. The molecular formula is C45H83N3O21. The molecule has 0 rings (SSSR count). The molecule has 0 aromatic rings. The highest BCUT2D eigenvalue weighted by Crippen LogP contribution is 2.18. The monoisotopic (exact) mass is 1000 g/mol. The molecule has 69 heavy (non-hydrogen) atoms. The Kier molecular flexibility index (Phi) is 38.0. The van der Waals surface area contributed by atoms with Crippen LogP contribution in [0.5, 0.6) is 0 Å². The van der Waals surface area contributed by atoms with Crippen molar-refractivity contribution in [2.45, 2.75) is 154 Å². The summed E-state index contributed by atoms with van der Waals surface area (Å²) in [6.45, 7) is 6.33. The van der Waals surface area contributed by atoms with Gasteiger partial charge in [0.15, 0.2) is 18.9 Å². The first-order valence-corrected chi connectivity index (χ1v) is 23.5. The van der Waals surface area contributed by atoms with Crippen LogP contribution in [0.2, 0.25) is 0 Å². The number of unbranched alkanes of at least 4 members (excludes halogenated alkanes) is 6. The summed E-state index contributed by atoms with van der Waals surface area (Å²) < 4.78 is 34.2. The first kappa shape index (κ1) is 65.4. The number of rotatable bonds is 43. The van der Waals surface area contributed by atoms with E-state index < -0.39 is 109 Å². The molecule has 0 fully saturated rings. The van der Waals surface area contributed by atoms with Gasteiger partial charge < -0.3 is 106 Å². The Morgan fingerprint density at radius 2 is 0.725 bits per heavy atom. The summed E-state index contributed by atoms with van der Waals surface area (Å²) in [4.78, 5) is 34.7. The zero-order valence-electron chi connectivity index (χ0n) is 40.6. The number of ether oxygens (including phenoxy) is 6. The second-order valence-electron chi connectivity index (χ2n) is 16.2. The standard InChI is InChI=1S/C45H83N3O21/c1-29(28-65-22-9-6-12-25-68-44(62)38(47-31(3)53)41(59)34(56)15-19-50)36(66-23-10-7-13-26-69-45(63)39(48-32(4)54)42(60)35(57)16-20-51)17-27-64-21-8-5-11-24-67-43(61)37(46-30(2)52)40(58)33(55)14-18-49/h29,33-36,43-45,49-51,55-63H,5-28H2,1-4H3,(H,46,52)(H,47,53)(H,48,54)/b40-37+,41-38+,42-39+/t29?,33-,34-,35-,36?,43-,44-,45-/m0/s1. The van der Waals surface area contributed by atoms with Crippen LogP contribution in [0.15, 0.2) is 34.4 Å². The maximum Gasteiger partial charge on any atom is 0.221 e. The highest BCUT2D eigenvalue weighted by atomic mass is 16.6. The van der Waals surface area contributed by atoms with Crippen molar-refractivity contribution in [3.05, 3.63) is 34.4 Å². The third-order valence-corrected chi connectivity index (χ3v) is 10.0. The Hall–Kier alpha value is -3.57. The summed E-state index contributed by atoms with van der Waals surface area (Å²) in [5, 5.41) is 126. The van der Waals surface area contributed by atoms with E-state index in [0.29, 0.717) is 97.2 Å². The first-order valence-electron chi connectivity index (χ1n) is 23.5. The number of hydrogen-bond acceptors (Lipinski definition) is 21. The van der Waals surface area contributed by atoms with Crippen LogP contribution in [-0.4, -0.2) is 195 Å². The third kappa shape index (κ3) is 30.7. The molecule has 15 N–H and O–H groups in total. The lowest BCUT2D eigenvalue weighted by atomic mass is 10.0. The molecule has 0 saturated carbocycles. The Morgan fingerprint density at radius 3 is 1.04 bits per heavy atom. The molecular weight excluding hydrogens is 918 g/mol. The molecule has 0 aliphatic rings. The minimum absolute atomic E-state index is 0.0459. The van der Waals surface area contributed by atoms with Gasteiger partial charge in [-0.25, -0.2) is 0 Å². The molecule has 2 unspecified atom stereocenters. The third-order valence-electron chi connectivity index (χ3n) is 10.0. The van der Waals surface area contributed by atoms with E-state index in [-0.39, 0.29) is 51.1 Å². The van der Waals surface area contributed by atoms with Crippen molar-refractivity contribution in [3.8, 4) is 0 Å². The molecule has 24 heteroatoms. The van der Waals surface area contributed by atoms with Crippen molar-refractivity contribution in [1.29, 1.82) is 0 Å². The molecule has 0 aliphatic carbocycles. The number of amides is 3. The second kappa shape index (κ2) is 40.1. The van der Waals surface area contributed by atoms with Crippen LogP contribution in [0.25, 0.3) is 0 Å². The van der Waals surface area contributed by atoms with Gasteiger partial charge in [0.05, 0.1) is 32.5 Å². The van der Waals surface area contributed by atoms with E-state index in [1.54, 1.807) is 0 Å². The van der Waals surface area contributed by atoms with Crippen LogP contribution >= 0.6 is 0 Å². The van der Waals surface area contributed by atoms with Gasteiger partial charge in [-0.1, -0.05) is 6.92 Å². The van der Waals surface area contributed by atoms with Gasteiger partial charge >= 0.3 is 0 Å². The molecule has 0 spiro atoms. The SMILES string of the molecule is CC(=O)N/C(=C(/O)[C@@H](O)CCO)[C@@H](O)OCCCCCOCCC(OCCCCCO[C@H](O)/C(NC(C)=O)=C(\O)[C@@H](O)CCO)C(C)COCCCCCO[C@H](O)/C(NC(C)=O)=C(\O)[C@@H](O)CCO. The van der Waals surface area contributed by atoms with Gasteiger partial charge in [-0.15, -0.1) is 0 Å². The lowest BCUT2D eigenvalue weighted by molar-refractivity contribution is -0.122. The average Bonchev–Trinajstić information content (AvgIpc) is 3.29. The van der Waals surface area contributed by atoms with Crippen LogP contribution in [0.4, 0.5) is 0 Å². The highest BCUT2D eigenvalue weighted by Gasteiger charge is 2.26. The number of carbonyl (C=O) groups is 3. The van der Waals surface area contributed by atoms with E-state index in [0.717, 1.165) is 20.8 Å². The number of aliphatic hydroxyl groups excluding tert-OH is 12. The zero-order valence-corrected chi connectivity index (χ0v) is 40.6. The molecule has 0 bridgehead atoms. The molecule has 0 saturated heterocycles. The summed E-state index contributed by atoms with van der Waals surface area (Å²) in [7, 11) is 0. The molecule has 404 valence electrons. The fraction of sp³-hybridized carbons (Fsp3) is 0.800. The smallest absolute Gasteiger partial charge is 0.221 e. The largest absolute Gasteiger partial charge is 0.508 e. The van der Waals surface area contributed by atoms with Gasteiger partial charge in [0.2, 0.25) is 17.7 Å². The Bertz CT molecular complexity index is 1500. The Balaban J connectivity index is 5.13. The van der Waals surface area contributed by atoms with E-state index in [9.17, 15) is 60.3 Å². The minimum Gasteiger partial charge on any atom is -0.508 e. The minimum atomic E-state index is -1.73. The van der Waals surface area contributed by atoms with Crippen molar-refractivity contribution in [3.63, 3.8) is 0 Å². The van der Waals surface area contributed by atoms with Gasteiger partial charge in [0.25, 0.3) is 0 Å². The van der Waals surface area contributed by atoms with Crippen molar-refractivity contribution in [2.75, 3.05) is 72.7 Å². The molecule has 0 aliphatic heterocycles. The molecule has 0 aromatic carbocycles. The lowest BCUT2D eigenvalue weighted by Gasteiger charge is -2.25. The van der Waals surface area contributed by atoms with Crippen molar-refractivity contribution in [2.24, 2.45) is 5.92 Å². The summed E-state index contributed by atoms with van der Waals surface area (Å²) in [5.74, 6) is -4.00. The lowest BCUT2D eigenvalue weighted by Crippen LogP contribution is -2.34. The van der Waals surface area contributed by atoms with Crippen molar-refractivity contribution >= 4 is 17.7 Å². The number of aliphatic hydroxyl groups is 12. The second-order valence-corrected chi connectivity index (χ2v) is 16.2. The average molecular weight is 1000 g/mol. The fourth-order valence-electron chi connectivity index (χ4n) is 6.27. The predicted molar refractivity (Wildman–Crippen MR) is 246 cm³/mol. The van der Waals surface area contributed by atoms with Gasteiger partial charge in [-0.3, -0.25) is 14.4 Å². The molecule has 8 atom stereocenters. The van der Waals surface area contributed by atoms with Crippen LogP contribution in [0.3, 0.4) is 0 Å². The summed E-state index contributed by atoms with van der Waals surface area (Å²) in [5.41, 5.74) is -1.22. The summed E-state index contributed by atoms with van der Waals surface area (Å²) >= 11 is 0. The van der Waals surface area contributed by atoms with Crippen molar-refractivity contribution in [1.82, 2.24) is 16.0 Å². The van der Waals surface area contributed by atoms with Gasteiger partial charge in [0.1, 0.15) is 52.7 Å². The molecule has 0 radical (unpaired) electrons. The predicted octanol–water partition coefficient (Wildman–Crippen LogP) is -0.106. The van der Waals surface area contributed by atoms with Crippen LogP contribution in [0.1, 0.15) is 111 Å². The molecule has 0 heterocycles. The summed E-state index contributed by atoms with van der Waals surface area (Å²) in [6, 6.07) is 0. The normalized spacial score (nSPS) is 16.5. The summed E-state index contributed by atoms with van der Waals surface area (Å²) in [6.07, 6.45) is -4.64. The maximum absolute atomic E-state index is 11.6. The topological polar surface area (TPSA) is 385 Å². The fourth-order valence-corrected chi connectivity index (χ4v) is 6.27. The molecule has 0 aromatic heterocycles. The highest BCUT2D eigenvalue weighted by molar-refractivity contribution is 5.76. The van der Waals surface area contributed by atoms with E-state index in [1.165, 1.54) is 0 Å². The molecule has 24 nitrogen and oxygen atoms in total. The van der Waals surface area contributed by atoms with Gasteiger partial charge in [-0.2, -0.15) is 0 Å². The zero-order chi connectivity index (χ0) is 52.1. The number of hydrogen-bond donors (Lipinski definition) is 15. The van der Waals surface area contributed by atoms with Crippen LogP contribution in [-0.2, 0) is 42.8 Å². The number of carbonyl (C=O) groups excluding carboxylic acids is 3. The van der Waals surface area contributed by atoms with Crippen LogP contribution in [0, 0.1) is 5.92 Å².